The average molecular weight is 435 g/mol. The summed E-state index contributed by atoms with van der Waals surface area (Å²) in [6.07, 6.45) is 1.50. The molecule has 0 bridgehead atoms. The molecular formula is C25H25NO6. The fraction of sp³-hybridized carbons (Fsp3) is 0.320. The van der Waals surface area contributed by atoms with Crippen molar-refractivity contribution in [2.24, 2.45) is 0 Å². The molecule has 0 radical (unpaired) electrons. The number of aryl methyl sites for hydroxylation is 2. The van der Waals surface area contributed by atoms with Crippen LogP contribution in [0.1, 0.15) is 35.6 Å². The number of carbonyl (C=O) groups excluding carboxylic acids is 1. The first-order valence-corrected chi connectivity index (χ1v) is 10.7. The van der Waals surface area contributed by atoms with Crippen LogP contribution < -0.4 is 15.7 Å². The van der Waals surface area contributed by atoms with Gasteiger partial charge in [-0.1, -0.05) is 30.3 Å². The Morgan fingerprint density at radius 3 is 2.59 bits per heavy atom. The highest BCUT2D eigenvalue weighted by molar-refractivity contribution is 5.90. The largest absolute Gasteiger partial charge is 0.480 e. The van der Waals surface area contributed by atoms with Gasteiger partial charge in [-0.3, -0.25) is 4.79 Å². The number of nitrogens with one attached hydrogen (secondary N) is 1. The van der Waals surface area contributed by atoms with E-state index in [9.17, 15) is 19.5 Å². The SMILES string of the molecule is Cc1cc(O[C@@H](C)C(=O)N[C@@H](Cc2ccccc2)C(=O)O)c2c3c(c(=O)oc2c1)CCC3. The zero-order valence-corrected chi connectivity index (χ0v) is 18.0. The maximum atomic E-state index is 12.8. The topological polar surface area (TPSA) is 106 Å². The highest BCUT2D eigenvalue weighted by Gasteiger charge is 2.27. The van der Waals surface area contributed by atoms with E-state index < -0.39 is 24.0 Å². The molecule has 7 nitrogen and oxygen atoms in total. The third-order valence-corrected chi connectivity index (χ3v) is 5.75. The molecule has 1 heterocycles. The van der Waals surface area contributed by atoms with E-state index in [4.69, 9.17) is 9.15 Å². The molecule has 7 heteroatoms. The minimum absolute atomic E-state index is 0.167. The summed E-state index contributed by atoms with van der Waals surface area (Å²) < 4.78 is 11.5. The van der Waals surface area contributed by atoms with Crippen LogP contribution in [0.25, 0.3) is 11.0 Å². The van der Waals surface area contributed by atoms with Gasteiger partial charge in [0.1, 0.15) is 17.4 Å². The number of carbonyl (C=O) groups is 2. The molecule has 2 N–H and O–H groups in total. The van der Waals surface area contributed by atoms with Crippen LogP contribution in [0.2, 0.25) is 0 Å². The fourth-order valence-electron chi connectivity index (χ4n) is 4.18. The Hall–Kier alpha value is -3.61. The van der Waals surface area contributed by atoms with Gasteiger partial charge in [0, 0.05) is 12.0 Å². The van der Waals surface area contributed by atoms with Crippen molar-refractivity contribution in [3.05, 3.63) is 75.1 Å². The molecule has 32 heavy (non-hydrogen) atoms. The lowest BCUT2D eigenvalue weighted by Crippen LogP contribution is -2.47. The Labute approximate surface area is 185 Å². The highest BCUT2D eigenvalue weighted by Crippen LogP contribution is 2.35. The lowest BCUT2D eigenvalue weighted by atomic mass is 10.0. The van der Waals surface area contributed by atoms with E-state index in [-0.39, 0.29) is 12.0 Å². The number of hydrogen-bond acceptors (Lipinski definition) is 5. The van der Waals surface area contributed by atoms with Crippen molar-refractivity contribution in [2.75, 3.05) is 0 Å². The van der Waals surface area contributed by atoms with Crippen molar-refractivity contribution in [3.8, 4) is 5.75 Å². The molecule has 0 saturated heterocycles. The summed E-state index contributed by atoms with van der Waals surface area (Å²) in [5.74, 6) is -1.19. The van der Waals surface area contributed by atoms with Crippen LogP contribution in [-0.2, 0) is 28.9 Å². The number of carboxylic acids is 1. The Balaban J connectivity index is 1.57. The first-order chi connectivity index (χ1) is 15.3. The molecule has 1 aliphatic carbocycles. The Morgan fingerprint density at radius 1 is 1.16 bits per heavy atom. The molecule has 4 rings (SSSR count). The van der Waals surface area contributed by atoms with E-state index in [0.29, 0.717) is 28.7 Å². The lowest BCUT2D eigenvalue weighted by molar-refractivity contribution is -0.142. The van der Waals surface area contributed by atoms with Crippen LogP contribution in [0.5, 0.6) is 5.75 Å². The van der Waals surface area contributed by atoms with Crippen molar-refractivity contribution in [1.82, 2.24) is 5.32 Å². The fourth-order valence-corrected chi connectivity index (χ4v) is 4.18. The van der Waals surface area contributed by atoms with Crippen molar-refractivity contribution < 1.29 is 23.8 Å². The zero-order valence-electron chi connectivity index (χ0n) is 18.0. The number of fused-ring (bicyclic) bond motifs is 3. The summed E-state index contributed by atoms with van der Waals surface area (Å²) in [5, 5.41) is 12.8. The van der Waals surface area contributed by atoms with Gasteiger partial charge >= 0.3 is 11.6 Å². The van der Waals surface area contributed by atoms with Gasteiger partial charge in [0.25, 0.3) is 5.91 Å². The van der Waals surface area contributed by atoms with Crippen LogP contribution in [0.3, 0.4) is 0 Å². The van der Waals surface area contributed by atoms with Gasteiger partial charge < -0.3 is 19.6 Å². The predicted octanol–water partition coefficient (Wildman–Crippen LogP) is 3.17. The van der Waals surface area contributed by atoms with Gasteiger partial charge in [-0.25, -0.2) is 9.59 Å². The second kappa shape index (κ2) is 8.86. The first kappa shape index (κ1) is 21.6. The molecule has 0 unspecified atom stereocenters. The van der Waals surface area contributed by atoms with Gasteiger partial charge in [-0.2, -0.15) is 0 Å². The molecule has 3 aromatic rings. The van der Waals surface area contributed by atoms with E-state index in [1.165, 1.54) is 0 Å². The normalized spacial score (nSPS) is 14.6. The highest BCUT2D eigenvalue weighted by atomic mass is 16.5. The summed E-state index contributed by atoms with van der Waals surface area (Å²) in [4.78, 5) is 36.8. The molecule has 1 amide bonds. The molecule has 0 saturated carbocycles. The summed E-state index contributed by atoms with van der Waals surface area (Å²) in [6, 6.07) is 11.6. The van der Waals surface area contributed by atoms with Gasteiger partial charge in [0.05, 0.1) is 5.39 Å². The van der Waals surface area contributed by atoms with E-state index in [0.717, 1.165) is 29.5 Å². The molecule has 166 valence electrons. The summed E-state index contributed by atoms with van der Waals surface area (Å²) in [7, 11) is 0. The van der Waals surface area contributed by atoms with Crippen molar-refractivity contribution >= 4 is 22.8 Å². The van der Waals surface area contributed by atoms with Crippen LogP contribution in [0, 0.1) is 6.92 Å². The van der Waals surface area contributed by atoms with Crippen molar-refractivity contribution in [3.63, 3.8) is 0 Å². The third-order valence-electron chi connectivity index (χ3n) is 5.75. The predicted molar refractivity (Wildman–Crippen MR) is 119 cm³/mol. The monoisotopic (exact) mass is 435 g/mol. The Bertz CT molecular complexity index is 1230. The number of amides is 1. The average Bonchev–Trinajstić information content (AvgIpc) is 3.24. The van der Waals surface area contributed by atoms with Crippen LogP contribution in [0.15, 0.2) is 51.7 Å². The van der Waals surface area contributed by atoms with E-state index in [1.54, 1.807) is 13.0 Å². The molecule has 0 spiro atoms. The number of hydrogen-bond donors (Lipinski definition) is 2. The zero-order chi connectivity index (χ0) is 22.8. The maximum absolute atomic E-state index is 12.8. The minimum Gasteiger partial charge on any atom is -0.480 e. The molecule has 0 aliphatic heterocycles. The van der Waals surface area contributed by atoms with Crippen LogP contribution >= 0.6 is 0 Å². The smallest absolute Gasteiger partial charge is 0.339 e. The number of benzene rings is 2. The van der Waals surface area contributed by atoms with Gasteiger partial charge in [0.15, 0.2) is 6.10 Å². The lowest BCUT2D eigenvalue weighted by Gasteiger charge is -2.20. The summed E-state index contributed by atoms with van der Waals surface area (Å²) >= 11 is 0. The van der Waals surface area contributed by atoms with Gasteiger partial charge in [0.2, 0.25) is 0 Å². The van der Waals surface area contributed by atoms with Crippen molar-refractivity contribution in [2.45, 2.75) is 51.7 Å². The quantitative estimate of drug-likeness (QED) is 0.552. The van der Waals surface area contributed by atoms with E-state index in [1.807, 2.05) is 43.3 Å². The van der Waals surface area contributed by atoms with Crippen LogP contribution in [-0.4, -0.2) is 29.1 Å². The summed E-state index contributed by atoms with van der Waals surface area (Å²) in [6.45, 7) is 3.43. The standard InChI is InChI=1S/C25H25NO6/c1-14-11-20(22-17-9-6-10-18(17)25(30)32-21(22)12-14)31-15(2)23(27)26-19(24(28)29)13-16-7-4-3-5-8-16/h3-5,7-8,11-12,15,19H,6,9-10,13H2,1-2H3,(H,26,27)(H,28,29)/t15-,19-/m0/s1. The second-order valence-electron chi connectivity index (χ2n) is 8.19. The number of aliphatic carboxylic acids is 1. The van der Waals surface area contributed by atoms with Crippen molar-refractivity contribution in [1.29, 1.82) is 0 Å². The summed E-state index contributed by atoms with van der Waals surface area (Å²) in [5.41, 5.74) is 3.32. The third kappa shape index (κ3) is 4.37. The molecule has 2 aromatic carbocycles. The minimum atomic E-state index is -1.12. The van der Waals surface area contributed by atoms with Gasteiger partial charge in [-0.05, 0) is 61.9 Å². The molecule has 1 aliphatic rings. The molecule has 0 fully saturated rings. The molecule has 1 aromatic heterocycles. The Kier molecular flexibility index (Phi) is 5.99. The van der Waals surface area contributed by atoms with E-state index in [2.05, 4.69) is 5.32 Å². The second-order valence-corrected chi connectivity index (χ2v) is 8.19. The molecular weight excluding hydrogens is 410 g/mol. The van der Waals surface area contributed by atoms with Crippen LogP contribution in [0.4, 0.5) is 0 Å². The molecule has 2 atom stereocenters. The first-order valence-electron chi connectivity index (χ1n) is 10.7. The van der Waals surface area contributed by atoms with E-state index >= 15 is 0 Å². The van der Waals surface area contributed by atoms with Gasteiger partial charge in [-0.15, -0.1) is 0 Å². The Morgan fingerprint density at radius 2 is 1.88 bits per heavy atom. The number of rotatable bonds is 7. The maximum Gasteiger partial charge on any atom is 0.339 e. The number of carboxylic acid groups (broad SMARTS) is 1. The number of ether oxygens (including phenoxy) is 1.